The number of hydrogen-bond acceptors (Lipinski definition) is 3. The summed E-state index contributed by atoms with van der Waals surface area (Å²) in [4.78, 5) is 23.4. The standard InChI is InChI=1S/C13H19N3O2/c1-3-6-10(14)13(18)16-11-8-5-4-7-9(11)12(17)15-2/h4-5,7-8,10H,3,6,14H2,1-2H3,(H,15,17)(H,16,18)/t10-/m1/s1. The largest absolute Gasteiger partial charge is 0.355 e. The van der Waals surface area contributed by atoms with Gasteiger partial charge in [0.1, 0.15) is 0 Å². The van der Waals surface area contributed by atoms with E-state index in [1.807, 2.05) is 6.92 Å². The summed E-state index contributed by atoms with van der Waals surface area (Å²) in [6, 6.07) is 6.29. The van der Waals surface area contributed by atoms with Crippen LogP contribution in [0.25, 0.3) is 0 Å². The monoisotopic (exact) mass is 249 g/mol. The molecule has 1 aromatic rings. The highest BCUT2D eigenvalue weighted by Gasteiger charge is 2.15. The molecule has 98 valence electrons. The molecule has 0 aliphatic carbocycles. The molecule has 0 saturated heterocycles. The van der Waals surface area contributed by atoms with Crippen LogP contribution in [0.3, 0.4) is 0 Å². The van der Waals surface area contributed by atoms with Crippen molar-refractivity contribution in [3.05, 3.63) is 29.8 Å². The molecule has 0 spiro atoms. The minimum absolute atomic E-state index is 0.241. The van der Waals surface area contributed by atoms with Crippen molar-refractivity contribution in [1.29, 1.82) is 0 Å². The lowest BCUT2D eigenvalue weighted by molar-refractivity contribution is -0.117. The maximum absolute atomic E-state index is 11.8. The summed E-state index contributed by atoms with van der Waals surface area (Å²) in [5.74, 6) is -0.511. The summed E-state index contributed by atoms with van der Waals surface area (Å²) in [7, 11) is 1.55. The Morgan fingerprint density at radius 1 is 1.33 bits per heavy atom. The fraction of sp³-hybridized carbons (Fsp3) is 0.385. The van der Waals surface area contributed by atoms with E-state index < -0.39 is 6.04 Å². The third kappa shape index (κ3) is 3.56. The van der Waals surface area contributed by atoms with Crippen LogP contribution in [-0.2, 0) is 4.79 Å². The molecule has 4 N–H and O–H groups in total. The van der Waals surface area contributed by atoms with E-state index in [1.165, 1.54) is 0 Å². The molecule has 5 nitrogen and oxygen atoms in total. The second-order valence-corrected chi connectivity index (χ2v) is 4.01. The van der Waals surface area contributed by atoms with Crippen molar-refractivity contribution in [1.82, 2.24) is 5.32 Å². The molecule has 0 heterocycles. The number of amides is 2. The molecule has 0 radical (unpaired) electrons. The fourth-order valence-electron chi connectivity index (χ4n) is 1.59. The van der Waals surface area contributed by atoms with E-state index in [1.54, 1.807) is 31.3 Å². The fourth-order valence-corrected chi connectivity index (χ4v) is 1.59. The number of para-hydroxylation sites is 1. The van der Waals surface area contributed by atoms with Crippen molar-refractivity contribution < 1.29 is 9.59 Å². The van der Waals surface area contributed by atoms with Crippen LogP contribution < -0.4 is 16.4 Å². The summed E-state index contributed by atoms with van der Waals surface area (Å²) in [6.45, 7) is 1.96. The number of nitrogens with two attached hydrogens (primary N) is 1. The number of rotatable bonds is 5. The molecular weight excluding hydrogens is 230 g/mol. The summed E-state index contributed by atoms with van der Waals surface area (Å²) >= 11 is 0. The zero-order chi connectivity index (χ0) is 13.5. The van der Waals surface area contributed by atoms with Crippen LogP contribution in [0.15, 0.2) is 24.3 Å². The van der Waals surface area contributed by atoms with Gasteiger partial charge in [-0.2, -0.15) is 0 Å². The van der Waals surface area contributed by atoms with E-state index in [-0.39, 0.29) is 11.8 Å². The van der Waals surface area contributed by atoms with Crippen LogP contribution in [-0.4, -0.2) is 24.9 Å². The molecule has 0 bridgehead atoms. The van der Waals surface area contributed by atoms with Gasteiger partial charge in [-0.1, -0.05) is 25.5 Å². The van der Waals surface area contributed by atoms with Gasteiger partial charge in [0.05, 0.1) is 17.3 Å². The van der Waals surface area contributed by atoms with E-state index in [2.05, 4.69) is 10.6 Å². The smallest absolute Gasteiger partial charge is 0.253 e. The van der Waals surface area contributed by atoms with Gasteiger partial charge in [0.15, 0.2) is 0 Å². The van der Waals surface area contributed by atoms with Crippen LogP contribution in [0.4, 0.5) is 5.69 Å². The van der Waals surface area contributed by atoms with Gasteiger partial charge in [-0.3, -0.25) is 9.59 Å². The predicted octanol–water partition coefficient (Wildman–Crippen LogP) is 1.11. The molecule has 0 aliphatic heterocycles. The number of hydrogen-bond donors (Lipinski definition) is 3. The van der Waals surface area contributed by atoms with Gasteiger partial charge in [0.2, 0.25) is 5.91 Å². The lowest BCUT2D eigenvalue weighted by Crippen LogP contribution is -2.36. The molecule has 1 atom stereocenters. The molecular formula is C13H19N3O2. The first-order valence-electron chi connectivity index (χ1n) is 5.97. The Balaban J connectivity index is 2.84. The molecule has 0 aliphatic rings. The SMILES string of the molecule is CCC[C@@H](N)C(=O)Nc1ccccc1C(=O)NC. The summed E-state index contributed by atoms with van der Waals surface area (Å²) in [5.41, 5.74) is 6.63. The van der Waals surface area contributed by atoms with E-state index in [4.69, 9.17) is 5.73 Å². The predicted molar refractivity (Wildman–Crippen MR) is 71.3 cm³/mol. The zero-order valence-electron chi connectivity index (χ0n) is 10.7. The highest BCUT2D eigenvalue weighted by atomic mass is 16.2. The van der Waals surface area contributed by atoms with E-state index in [0.29, 0.717) is 17.7 Å². The summed E-state index contributed by atoms with van der Waals surface area (Å²) in [5, 5.41) is 5.21. The second kappa shape index (κ2) is 6.76. The Labute approximate surface area is 107 Å². The highest BCUT2D eigenvalue weighted by molar-refractivity contribution is 6.04. The van der Waals surface area contributed by atoms with Crippen molar-refractivity contribution in [2.45, 2.75) is 25.8 Å². The summed E-state index contributed by atoms with van der Waals surface area (Å²) < 4.78 is 0. The van der Waals surface area contributed by atoms with Crippen molar-refractivity contribution >= 4 is 17.5 Å². The van der Waals surface area contributed by atoms with E-state index in [0.717, 1.165) is 6.42 Å². The molecule has 18 heavy (non-hydrogen) atoms. The van der Waals surface area contributed by atoms with Gasteiger partial charge >= 0.3 is 0 Å². The third-order valence-electron chi connectivity index (χ3n) is 2.59. The van der Waals surface area contributed by atoms with Gasteiger partial charge in [0.25, 0.3) is 5.91 Å². The maximum Gasteiger partial charge on any atom is 0.253 e. The van der Waals surface area contributed by atoms with Gasteiger partial charge < -0.3 is 16.4 Å². The minimum atomic E-state index is -0.548. The minimum Gasteiger partial charge on any atom is -0.355 e. The lowest BCUT2D eigenvalue weighted by atomic mass is 10.1. The Morgan fingerprint density at radius 3 is 2.61 bits per heavy atom. The molecule has 1 rings (SSSR count). The molecule has 0 fully saturated rings. The van der Waals surface area contributed by atoms with Gasteiger partial charge in [0, 0.05) is 7.05 Å². The molecule has 1 aromatic carbocycles. The third-order valence-corrected chi connectivity index (χ3v) is 2.59. The maximum atomic E-state index is 11.8. The van der Waals surface area contributed by atoms with Gasteiger partial charge in [-0.15, -0.1) is 0 Å². The first kappa shape index (κ1) is 14.2. The van der Waals surface area contributed by atoms with Crippen LogP contribution in [0.1, 0.15) is 30.1 Å². The Morgan fingerprint density at radius 2 is 2.00 bits per heavy atom. The normalized spacial score (nSPS) is 11.7. The second-order valence-electron chi connectivity index (χ2n) is 4.01. The first-order valence-corrected chi connectivity index (χ1v) is 5.97. The molecule has 0 aromatic heterocycles. The lowest BCUT2D eigenvalue weighted by Gasteiger charge is -2.13. The van der Waals surface area contributed by atoms with Crippen LogP contribution in [0, 0.1) is 0 Å². The number of nitrogens with one attached hydrogen (secondary N) is 2. The molecule has 5 heteroatoms. The number of carbonyl (C=O) groups is 2. The van der Waals surface area contributed by atoms with E-state index >= 15 is 0 Å². The average molecular weight is 249 g/mol. The Kier molecular flexibility index (Phi) is 5.32. The van der Waals surface area contributed by atoms with Crippen LogP contribution in [0.5, 0.6) is 0 Å². The Bertz CT molecular complexity index is 432. The molecule has 0 saturated carbocycles. The number of benzene rings is 1. The Hall–Kier alpha value is -1.88. The topological polar surface area (TPSA) is 84.2 Å². The van der Waals surface area contributed by atoms with Crippen LogP contribution in [0.2, 0.25) is 0 Å². The van der Waals surface area contributed by atoms with Crippen molar-refractivity contribution in [2.75, 3.05) is 12.4 Å². The first-order chi connectivity index (χ1) is 8.60. The van der Waals surface area contributed by atoms with Gasteiger partial charge in [-0.25, -0.2) is 0 Å². The number of anilines is 1. The van der Waals surface area contributed by atoms with E-state index in [9.17, 15) is 9.59 Å². The average Bonchev–Trinajstić information content (AvgIpc) is 2.38. The number of carbonyl (C=O) groups excluding carboxylic acids is 2. The summed E-state index contributed by atoms with van der Waals surface area (Å²) in [6.07, 6.45) is 1.46. The van der Waals surface area contributed by atoms with Crippen molar-refractivity contribution in [3.63, 3.8) is 0 Å². The molecule has 2 amide bonds. The van der Waals surface area contributed by atoms with Gasteiger partial charge in [-0.05, 0) is 18.6 Å². The van der Waals surface area contributed by atoms with Crippen molar-refractivity contribution in [2.24, 2.45) is 5.73 Å². The van der Waals surface area contributed by atoms with Crippen LogP contribution >= 0.6 is 0 Å². The quantitative estimate of drug-likeness (QED) is 0.731. The highest BCUT2D eigenvalue weighted by Crippen LogP contribution is 2.15. The van der Waals surface area contributed by atoms with Crippen molar-refractivity contribution in [3.8, 4) is 0 Å². The molecule has 0 unspecified atom stereocenters. The zero-order valence-corrected chi connectivity index (χ0v) is 10.7.